The summed E-state index contributed by atoms with van der Waals surface area (Å²) in [5.74, 6) is 0.373. The number of hydrogen-bond acceptors (Lipinski definition) is 6. The van der Waals surface area contributed by atoms with Crippen molar-refractivity contribution in [1.29, 1.82) is 0 Å². The molecule has 3 aromatic heterocycles. The number of rotatable bonds is 4. The second kappa shape index (κ2) is 6.32. The van der Waals surface area contributed by atoms with E-state index in [1.165, 1.54) is 6.20 Å². The molecule has 0 saturated carbocycles. The van der Waals surface area contributed by atoms with E-state index in [0.29, 0.717) is 23.0 Å². The second-order valence-electron chi connectivity index (χ2n) is 5.11. The maximum absolute atomic E-state index is 12.5. The van der Waals surface area contributed by atoms with Gasteiger partial charge in [-0.25, -0.2) is 4.98 Å². The van der Waals surface area contributed by atoms with Crippen LogP contribution in [0.25, 0.3) is 0 Å². The summed E-state index contributed by atoms with van der Waals surface area (Å²) < 4.78 is 1.58. The van der Waals surface area contributed by atoms with Gasteiger partial charge >= 0.3 is 0 Å². The van der Waals surface area contributed by atoms with Gasteiger partial charge < -0.3 is 15.6 Å². The molecule has 0 fully saturated rings. The molecule has 0 radical (unpaired) electrons. The minimum Gasteiger partial charge on any atom is -0.339 e. The lowest BCUT2D eigenvalue weighted by Crippen LogP contribution is -2.17. The number of nitrogens with one attached hydrogen (secondary N) is 3. The van der Waals surface area contributed by atoms with Gasteiger partial charge in [-0.05, 0) is 19.1 Å². The smallest absolute Gasteiger partial charge is 0.277 e. The van der Waals surface area contributed by atoms with Crippen LogP contribution in [0.3, 0.4) is 0 Å². The van der Waals surface area contributed by atoms with Crippen LogP contribution in [-0.4, -0.2) is 30.6 Å². The van der Waals surface area contributed by atoms with Crippen LogP contribution in [0, 0.1) is 6.92 Å². The van der Waals surface area contributed by atoms with E-state index in [1.807, 2.05) is 0 Å². The van der Waals surface area contributed by atoms with Gasteiger partial charge in [0.2, 0.25) is 0 Å². The van der Waals surface area contributed by atoms with E-state index in [4.69, 9.17) is 0 Å². The number of carbonyl (C=O) groups excluding carboxylic acids is 1. The number of aryl methyl sites for hydroxylation is 2. The van der Waals surface area contributed by atoms with Crippen LogP contribution >= 0.6 is 0 Å². The fourth-order valence-corrected chi connectivity index (χ4v) is 2.07. The predicted octanol–water partition coefficient (Wildman–Crippen LogP) is 1.20. The zero-order valence-electron chi connectivity index (χ0n) is 13.1. The lowest BCUT2D eigenvalue weighted by molar-refractivity contribution is 0.102. The molecule has 122 valence electrons. The van der Waals surface area contributed by atoms with Gasteiger partial charge in [0.05, 0.1) is 18.1 Å². The number of H-pyrrole nitrogens is 1. The maximum atomic E-state index is 12.5. The van der Waals surface area contributed by atoms with Crippen molar-refractivity contribution in [3.63, 3.8) is 0 Å². The highest BCUT2D eigenvalue weighted by atomic mass is 16.2. The van der Waals surface area contributed by atoms with Gasteiger partial charge in [0.15, 0.2) is 11.5 Å². The molecule has 9 heteroatoms. The van der Waals surface area contributed by atoms with Crippen molar-refractivity contribution in [1.82, 2.24) is 24.7 Å². The van der Waals surface area contributed by atoms with Gasteiger partial charge in [-0.3, -0.25) is 19.3 Å². The molecule has 0 aliphatic heterocycles. The molecule has 9 nitrogen and oxygen atoms in total. The van der Waals surface area contributed by atoms with Crippen LogP contribution in [0.4, 0.5) is 17.3 Å². The van der Waals surface area contributed by atoms with Crippen molar-refractivity contribution < 1.29 is 4.79 Å². The molecule has 3 heterocycles. The Hall–Kier alpha value is -3.49. The maximum Gasteiger partial charge on any atom is 0.277 e. The molecule has 0 saturated heterocycles. The highest BCUT2D eigenvalue weighted by molar-refractivity contribution is 6.06. The molecule has 24 heavy (non-hydrogen) atoms. The molecule has 0 unspecified atom stereocenters. The van der Waals surface area contributed by atoms with Crippen LogP contribution < -0.4 is 16.2 Å². The Morgan fingerprint density at radius 2 is 2.08 bits per heavy atom. The summed E-state index contributed by atoms with van der Waals surface area (Å²) in [6.45, 7) is 1.78. The fourth-order valence-electron chi connectivity index (χ4n) is 2.07. The van der Waals surface area contributed by atoms with Crippen LogP contribution in [-0.2, 0) is 7.05 Å². The average Bonchev–Trinajstić information content (AvgIpc) is 2.94. The zero-order valence-corrected chi connectivity index (χ0v) is 13.1. The summed E-state index contributed by atoms with van der Waals surface area (Å²) in [7, 11) is 1.76. The van der Waals surface area contributed by atoms with Crippen molar-refractivity contribution in [3.05, 3.63) is 58.5 Å². The molecule has 0 spiro atoms. The van der Waals surface area contributed by atoms with E-state index >= 15 is 0 Å². The zero-order chi connectivity index (χ0) is 17.1. The molecule has 0 aliphatic rings. The molecule has 3 rings (SSSR count). The topological polar surface area (TPSA) is 118 Å². The van der Waals surface area contributed by atoms with Crippen molar-refractivity contribution in [3.8, 4) is 0 Å². The van der Waals surface area contributed by atoms with Crippen molar-refractivity contribution in [2.45, 2.75) is 6.92 Å². The largest absolute Gasteiger partial charge is 0.339 e. The normalized spacial score (nSPS) is 10.4. The number of amides is 1. The minimum absolute atomic E-state index is 0.186. The van der Waals surface area contributed by atoms with Crippen LogP contribution in [0.5, 0.6) is 0 Å². The number of aromatic amines is 1. The number of hydrogen-bond donors (Lipinski definition) is 3. The number of pyridine rings is 1. The van der Waals surface area contributed by atoms with Gasteiger partial charge in [-0.15, -0.1) is 0 Å². The SMILES string of the molecule is Cc1ccc(Nc2cncc(=O)[nH]2)c(C(=O)Nc2ccn(C)n2)n1. The number of anilines is 3. The fraction of sp³-hybridized carbons (Fsp3) is 0.133. The Morgan fingerprint density at radius 3 is 2.79 bits per heavy atom. The first-order chi connectivity index (χ1) is 11.5. The van der Waals surface area contributed by atoms with E-state index < -0.39 is 5.91 Å². The van der Waals surface area contributed by atoms with Crippen LogP contribution in [0.15, 0.2) is 41.6 Å². The third-order valence-corrected chi connectivity index (χ3v) is 3.13. The third-order valence-electron chi connectivity index (χ3n) is 3.13. The monoisotopic (exact) mass is 325 g/mol. The summed E-state index contributed by atoms with van der Waals surface area (Å²) in [5, 5.41) is 9.73. The third kappa shape index (κ3) is 3.46. The summed E-state index contributed by atoms with van der Waals surface area (Å²) in [4.78, 5) is 34.5. The molecule has 0 aromatic carbocycles. The molecule has 0 aliphatic carbocycles. The Bertz CT molecular complexity index is 945. The Labute approximate surface area is 136 Å². The number of carbonyl (C=O) groups is 1. The van der Waals surface area contributed by atoms with E-state index in [9.17, 15) is 9.59 Å². The van der Waals surface area contributed by atoms with Crippen molar-refractivity contribution in [2.24, 2.45) is 7.05 Å². The molecular formula is C15H15N7O2. The van der Waals surface area contributed by atoms with E-state index in [1.54, 1.807) is 43.0 Å². The van der Waals surface area contributed by atoms with Crippen LogP contribution in [0.2, 0.25) is 0 Å². The van der Waals surface area contributed by atoms with E-state index in [-0.39, 0.29) is 11.3 Å². The lowest BCUT2D eigenvalue weighted by atomic mass is 10.2. The van der Waals surface area contributed by atoms with E-state index in [2.05, 4.69) is 30.7 Å². The standard InChI is InChI=1S/C15H15N7O2/c1-9-3-4-10(18-12-7-16-8-13(23)19-12)14(17-9)15(24)20-11-5-6-22(2)21-11/h3-8H,1-2H3,(H2,18,19,23)(H,20,21,24). The Kier molecular flexibility index (Phi) is 4.06. The minimum atomic E-state index is -0.411. The van der Waals surface area contributed by atoms with Crippen molar-refractivity contribution in [2.75, 3.05) is 10.6 Å². The summed E-state index contributed by atoms with van der Waals surface area (Å²) in [6.07, 6.45) is 4.33. The van der Waals surface area contributed by atoms with Gasteiger partial charge in [-0.2, -0.15) is 5.10 Å². The second-order valence-corrected chi connectivity index (χ2v) is 5.11. The lowest BCUT2D eigenvalue weighted by Gasteiger charge is -2.11. The van der Waals surface area contributed by atoms with Gasteiger partial charge in [0, 0.05) is 25.0 Å². The van der Waals surface area contributed by atoms with E-state index in [0.717, 1.165) is 6.20 Å². The highest BCUT2D eigenvalue weighted by Crippen LogP contribution is 2.19. The van der Waals surface area contributed by atoms with Crippen LogP contribution in [0.1, 0.15) is 16.2 Å². The molecule has 1 amide bonds. The first kappa shape index (κ1) is 15.4. The quantitative estimate of drug-likeness (QED) is 0.663. The van der Waals surface area contributed by atoms with Gasteiger partial charge in [0.25, 0.3) is 11.5 Å². The molecule has 3 aromatic rings. The summed E-state index contributed by atoms with van der Waals surface area (Å²) in [6, 6.07) is 5.15. The first-order valence-electron chi connectivity index (χ1n) is 7.11. The highest BCUT2D eigenvalue weighted by Gasteiger charge is 2.15. The molecule has 0 bridgehead atoms. The number of aromatic nitrogens is 5. The molecular weight excluding hydrogens is 310 g/mol. The Morgan fingerprint density at radius 1 is 1.25 bits per heavy atom. The van der Waals surface area contributed by atoms with Gasteiger partial charge in [-0.1, -0.05) is 0 Å². The molecule has 3 N–H and O–H groups in total. The Balaban J connectivity index is 1.90. The van der Waals surface area contributed by atoms with Gasteiger partial charge in [0.1, 0.15) is 5.82 Å². The summed E-state index contributed by atoms with van der Waals surface area (Å²) >= 11 is 0. The molecule has 0 atom stereocenters. The number of nitrogens with zero attached hydrogens (tertiary/aromatic N) is 4. The average molecular weight is 325 g/mol. The predicted molar refractivity (Wildman–Crippen MR) is 88.3 cm³/mol. The van der Waals surface area contributed by atoms with Crippen molar-refractivity contribution >= 4 is 23.2 Å². The summed E-state index contributed by atoms with van der Waals surface area (Å²) in [5.41, 5.74) is 0.967. The first-order valence-corrected chi connectivity index (χ1v) is 7.11.